The van der Waals surface area contributed by atoms with Crippen LogP contribution >= 0.6 is 0 Å². The summed E-state index contributed by atoms with van der Waals surface area (Å²) in [4.78, 5) is 7.14. The molecular formula is C22H29N3O3. The van der Waals surface area contributed by atoms with E-state index in [0.29, 0.717) is 17.5 Å². The second-order valence-electron chi connectivity index (χ2n) is 7.80. The normalized spacial score (nSPS) is 24.4. The number of aromatic nitrogens is 1. The predicted octanol–water partition coefficient (Wildman–Crippen LogP) is 2.18. The summed E-state index contributed by atoms with van der Waals surface area (Å²) in [5.41, 5.74) is 11.5. The highest BCUT2D eigenvalue weighted by Gasteiger charge is 2.39. The molecule has 4 rings (SSSR count). The highest BCUT2D eigenvalue weighted by atomic mass is 16.5. The van der Waals surface area contributed by atoms with Crippen molar-refractivity contribution in [2.45, 2.75) is 37.8 Å². The van der Waals surface area contributed by atoms with Crippen LogP contribution in [0.25, 0.3) is 0 Å². The summed E-state index contributed by atoms with van der Waals surface area (Å²) < 4.78 is 11.2. The monoisotopic (exact) mass is 383 g/mol. The van der Waals surface area contributed by atoms with Crippen LogP contribution in [0.2, 0.25) is 0 Å². The van der Waals surface area contributed by atoms with Gasteiger partial charge < -0.3 is 20.3 Å². The number of aryl methyl sites for hydroxylation is 1. The van der Waals surface area contributed by atoms with Crippen LogP contribution in [0.15, 0.2) is 30.5 Å². The van der Waals surface area contributed by atoms with Crippen molar-refractivity contribution in [2.75, 3.05) is 33.4 Å². The van der Waals surface area contributed by atoms with Crippen LogP contribution in [0.3, 0.4) is 0 Å². The fourth-order valence-corrected chi connectivity index (χ4v) is 4.57. The predicted molar refractivity (Wildman–Crippen MR) is 108 cm³/mol. The molecule has 0 saturated carbocycles. The second-order valence-corrected chi connectivity index (χ2v) is 7.80. The van der Waals surface area contributed by atoms with Gasteiger partial charge in [-0.2, -0.15) is 0 Å². The number of methoxy groups -OCH3 is 1. The Balaban J connectivity index is 1.61. The first-order valence-electron chi connectivity index (χ1n) is 9.97. The fraction of sp³-hybridized carbons (Fsp3) is 0.500. The van der Waals surface area contributed by atoms with Crippen LogP contribution in [-0.4, -0.2) is 54.4 Å². The second kappa shape index (κ2) is 8.07. The first-order chi connectivity index (χ1) is 13.6. The van der Waals surface area contributed by atoms with E-state index in [4.69, 9.17) is 20.3 Å². The van der Waals surface area contributed by atoms with Gasteiger partial charge in [0.1, 0.15) is 6.61 Å². The van der Waals surface area contributed by atoms with Gasteiger partial charge in [0.25, 0.3) is 0 Å². The number of benzene rings is 1. The van der Waals surface area contributed by atoms with E-state index >= 15 is 0 Å². The first kappa shape index (κ1) is 19.2. The van der Waals surface area contributed by atoms with Gasteiger partial charge >= 0.3 is 0 Å². The summed E-state index contributed by atoms with van der Waals surface area (Å²) in [5, 5.41) is 9.06. The smallest absolute Gasteiger partial charge is 0.161 e. The van der Waals surface area contributed by atoms with Gasteiger partial charge in [-0.1, -0.05) is 0 Å². The van der Waals surface area contributed by atoms with E-state index in [1.54, 1.807) is 7.11 Å². The van der Waals surface area contributed by atoms with Crippen LogP contribution in [0.1, 0.15) is 40.8 Å². The molecule has 1 aromatic carbocycles. The Morgan fingerprint density at radius 3 is 2.89 bits per heavy atom. The molecule has 1 fully saturated rings. The van der Waals surface area contributed by atoms with Gasteiger partial charge in [-0.15, -0.1) is 0 Å². The van der Waals surface area contributed by atoms with Crippen molar-refractivity contribution in [2.24, 2.45) is 5.73 Å². The minimum atomic E-state index is -0.0140. The molecule has 3 atom stereocenters. The van der Waals surface area contributed by atoms with Gasteiger partial charge in [0.2, 0.25) is 0 Å². The van der Waals surface area contributed by atoms with E-state index in [2.05, 4.69) is 35.0 Å². The molecule has 1 aromatic heterocycles. The molecule has 0 radical (unpaired) electrons. The Morgan fingerprint density at radius 1 is 1.29 bits per heavy atom. The topological polar surface area (TPSA) is 80.8 Å². The van der Waals surface area contributed by atoms with Gasteiger partial charge in [0.15, 0.2) is 11.5 Å². The van der Waals surface area contributed by atoms with E-state index in [9.17, 15) is 0 Å². The Bertz CT molecular complexity index is 842. The van der Waals surface area contributed by atoms with Crippen LogP contribution in [0, 0.1) is 6.92 Å². The number of aliphatic hydroxyl groups is 1. The third-order valence-corrected chi connectivity index (χ3v) is 6.00. The number of fused-ring (bicyclic) bond motifs is 3. The molecule has 2 aromatic rings. The number of nitrogens with two attached hydrogens (primary N) is 1. The van der Waals surface area contributed by atoms with Crippen LogP contribution in [0.5, 0.6) is 11.5 Å². The molecule has 2 aliphatic rings. The van der Waals surface area contributed by atoms with Crippen molar-refractivity contribution in [3.8, 4) is 11.5 Å². The van der Waals surface area contributed by atoms with Gasteiger partial charge in [0, 0.05) is 43.0 Å². The number of hydrogen-bond acceptors (Lipinski definition) is 6. The lowest BCUT2D eigenvalue weighted by Crippen LogP contribution is -2.50. The van der Waals surface area contributed by atoms with Crippen molar-refractivity contribution in [1.29, 1.82) is 0 Å². The molecule has 3 heterocycles. The zero-order chi connectivity index (χ0) is 19.7. The van der Waals surface area contributed by atoms with Crippen LogP contribution < -0.4 is 15.2 Å². The third-order valence-electron chi connectivity index (χ3n) is 6.00. The Morgan fingerprint density at radius 2 is 2.14 bits per heavy atom. The molecule has 6 heteroatoms. The molecule has 150 valence electrons. The maximum atomic E-state index is 9.06. The van der Waals surface area contributed by atoms with Gasteiger partial charge in [0.05, 0.1) is 13.7 Å². The summed E-state index contributed by atoms with van der Waals surface area (Å²) >= 11 is 0. The van der Waals surface area contributed by atoms with Crippen molar-refractivity contribution in [1.82, 2.24) is 9.88 Å². The SMILES string of the molecule is COc1cc2c(cc1OCCO)CCN1C[C@H](c3cc(C)ccn3)[C@@H](N)C[C@@H]21. The number of aliphatic hydroxyl groups excluding tert-OH is 1. The average Bonchev–Trinajstić information content (AvgIpc) is 2.71. The Kier molecular flexibility index (Phi) is 5.53. The maximum absolute atomic E-state index is 9.06. The van der Waals surface area contributed by atoms with Gasteiger partial charge in [-0.25, -0.2) is 0 Å². The minimum Gasteiger partial charge on any atom is -0.493 e. The summed E-state index contributed by atoms with van der Waals surface area (Å²) in [6.45, 7) is 4.27. The highest BCUT2D eigenvalue weighted by Crippen LogP contribution is 2.44. The summed E-state index contributed by atoms with van der Waals surface area (Å²) in [6.07, 6.45) is 3.75. The van der Waals surface area contributed by atoms with E-state index in [1.165, 1.54) is 16.7 Å². The maximum Gasteiger partial charge on any atom is 0.161 e. The quantitative estimate of drug-likeness (QED) is 0.824. The largest absolute Gasteiger partial charge is 0.493 e. The summed E-state index contributed by atoms with van der Waals surface area (Å²) in [5.74, 6) is 1.67. The summed E-state index contributed by atoms with van der Waals surface area (Å²) in [7, 11) is 1.65. The molecule has 3 N–H and O–H groups in total. The van der Waals surface area contributed by atoms with E-state index < -0.39 is 0 Å². The van der Waals surface area contributed by atoms with Crippen LogP contribution in [0.4, 0.5) is 0 Å². The molecule has 28 heavy (non-hydrogen) atoms. The van der Waals surface area contributed by atoms with E-state index in [0.717, 1.165) is 31.6 Å². The van der Waals surface area contributed by atoms with E-state index in [1.807, 2.05) is 12.3 Å². The molecule has 0 bridgehead atoms. The Labute approximate surface area is 166 Å². The molecule has 0 aliphatic carbocycles. The number of piperidine rings is 1. The molecule has 0 spiro atoms. The molecule has 2 aliphatic heterocycles. The van der Waals surface area contributed by atoms with Gasteiger partial charge in [-0.05, 0) is 60.7 Å². The lowest BCUT2D eigenvalue weighted by Gasteiger charge is -2.46. The molecule has 0 unspecified atom stereocenters. The molecular weight excluding hydrogens is 354 g/mol. The average molecular weight is 383 g/mol. The number of ether oxygens (including phenoxy) is 2. The third kappa shape index (κ3) is 3.60. The van der Waals surface area contributed by atoms with Crippen molar-refractivity contribution >= 4 is 0 Å². The van der Waals surface area contributed by atoms with Gasteiger partial charge in [-0.3, -0.25) is 9.88 Å². The van der Waals surface area contributed by atoms with Crippen molar-refractivity contribution in [3.63, 3.8) is 0 Å². The lowest BCUT2D eigenvalue weighted by molar-refractivity contribution is 0.108. The highest BCUT2D eigenvalue weighted by molar-refractivity contribution is 5.50. The molecule has 1 saturated heterocycles. The van der Waals surface area contributed by atoms with Crippen molar-refractivity contribution in [3.05, 3.63) is 52.8 Å². The lowest BCUT2D eigenvalue weighted by atomic mass is 9.79. The zero-order valence-electron chi connectivity index (χ0n) is 16.6. The van der Waals surface area contributed by atoms with E-state index in [-0.39, 0.29) is 25.2 Å². The number of pyridine rings is 1. The minimum absolute atomic E-state index is 0.0140. The first-order valence-corrected chi connectivity index (χ1v) is 9.97. The standard InChI is InChI=1S/C22H29N3O3/c1-14-3-5-24-19(9-14)17-13-25-6-4-15-10-22(28-8-7-26)21(27-2)11-16(15)20(25)12-18(17)23/h3,5,9-11,17-18,20,26H,4,6-8,12-13,23H2,1-2H3/t17-,18-,20-/m0/s1. The molecule has 0 amide bonds. The Hall–Kier alpha value is -2.15. The van der Waals surface area contributed by atoms with Crippen LogP contribution in [-0.2, 0) is 6.42 Å². The number of rotatable bonds is 5. The number of hydrogen-bond donors (Lipinski definition) is 2. The molecule has 6 nitrogen and oxygen atoms in total. The fourth-order valence-electron chi connectivity index (χ4n) is 4.57. The van der Waals surface area contributed by atoms with Crippen molar-refractivity contribution < 1.29 is 14.6 Å². The zero-order valence-corrected chi connectivity index (χ0v) is 16.6. The number of nitrogens with zero attached hydrogens (tertiary/aromatic N) is 2. The summed E-state index contributed by atoms with van der Waals surface area (Å²) in [6, 6.07) is 8.72.